The van der Waals surface area contributed by atoms with Crippen molar-refractivity contribution in [2.24, 2.45) is 0 Å². The van der Waals surface area contributed by atoms with Gasteiger partial charge in [-0.25, -0.2) is 0 Å². The molecule has 0 amide bonds. The summed E-state index contributed by atoms with van der Waals surface area (Å²) in [6.07, 6.45) is -0.724. The molecular formula is C6H8O3S2. The number of carbonyl (C=O) groups excluding carboxylic acids is 2. The molecule has 0 aromatic rings. The predicted octanol–water partition coefficient (Wildman–Crippen LogP) is 0.226. The zero-order valence-corrected chi connectivity index (χ0v) is 7.40. The van der Waals surface area contributed by atoms with Gasteiger partial charge in [0, 0.05) is 12.8 Å². The van der Waals surface area contributed by atoms with Crippen LogP contribution in [-0.4, -0.2) is 28.0 Å². The highest BCUT2D eigenvalue weighted by molar-refractivity contribution is 8.69. The number of ketones is 2. The van der Waals surface area contributed by atoms with Gasteiger partial charge in [-0.15, -0.1) is 11.7 Å². The van der Waals surface area contributed by atoms with Crippen LogP contribution in [0.2, 0.25) is 0 Å². The highest BCUT2D eigenvalue weighted by atomic mass is 33.1. The van der Waals surface area contributed by atoms with E-state index in [9.17, 15) is 9.59 Å². The molecule has 0 saturated heterocycles. The molecule has 0 heterocycles. The van der Waals surface area contributed by atoms with Crippen LogP contribution in [0.1, 0.15) is 12.8 Å². The average molecular weight is 192 g/mol. The van der Waals surface area contributed by atoms with E-state index in [4.69, 9.17) is 5.11 Å². The van der Waals surface area contributed by atoms with Gasteiger partial charge in [0.1, 0.15) is 17.1 Å². The molecule has 1 fully saturated rings. The molecule has 2 unspecified atom stereocenters. The first kappa shape index (κ1) is 9.09. The normalized spacial score (nSPS) is 32.5. The first-order valence-corrected chi connectivity index (χ1v) is 5.13. The van der Waals surface area contributed by atoms with Crippen molar-refractivity contribution in [3.05, 3.63) is 0 Å². The van der Waals surface area contributed by atoms with Crippen molar-refractivity contribution < 1.29 is 14.7 Å². The van der Waals surface area contributed by atoms with Gasteiger partial charge >= 0.3 is 0 Å². The van der Waals surface area contributed by atoms with E-state index in [1.54, 1.807) is 0 Å². The van der Waals surface area contributed by atoms with Gasteiger partial charge in [-0.3, -0.25) is 9.59 Å². The van der Waals surface area contributed by atoms with Gasteiger partial charge in [0.15, 0.2) is 5.78 Å². The lowest BCUT2D eigenvalue weighted by Gasteiger charge is -2.22. The van der Waals surface area contributed by atoms with Crippen LogP contribution in [0.4, 0.5) is 0 Å². The molecule has 0 aromatic carbocycles. The van der Waals surface area contributed by atoms with Gasteiger partial charge in [-0.2, -0.15) is 0 Å². The summed E-state index contributed by atoms with van der Waals surface area (Å²) in [5.41, 5.74) is 0. The molecule has 2 atom stereocenters. The van der Waals surface area contributed by atoms with E-state index in [0.717, 1.165) is 10.8 Å². The third kappa shape index (κ3) is 1.77. The predicted molar refractivity (Wildman–Crippen MR) is 45.6 cm³/mol. The summed E-state index contributed by atoms with van der Waals surface area (Å²) in [5.74, 6) is -0.340. The Kier molecular flexibility index (Phi) is 2.98. The number of carbonyl (C=O) groups is 2. The quantitative estimate of drug-likeness (QED) is 0.461. The summed E-state index contributed by atoms with van der Waals surface area (Å²) >= 11 is 3.81. The third-order valence-corrected chi connectivity index (χ3v) is 3.09. The zero-order chi connectivity index (χ0) is 8.43. The summed E-state index contributed by atoms with van der Waals surface area (Å²) in [4.78, 5) is 21.9. The van der Waals surface area contributed by atoms with E-state index in [1.165, 1.54) is 0 Å². The van der Waals surface area contributed by atoms with Crippen LogP contribution in [0.3, 0.4) is 0 Å². The topological polar surface area (TPSA) is 54.4 Å². The van der Waals surface area contributed by atoms with Gasteiger partial charge in [-0.1, -0.05) is 10.8 Å². The molecule has 3 nitrogen and oxygen atoms in total. The maximum absolute atomic E-state index is 11.0. The Morgan fingerprint density at radius 3 is 2.36 bits per heavy atom. The number of aliphatic hydroxyl groups is 1. The van der Waals surface area contributed by atoms with Crippen molar-refractivity contribution >= 4 is 34.0 Å². The second kappa shape index (κ2) is 3.60. The van der Waals surface area contributed by atoms with Crippen molar-refractivity contribution in [2.45, 2.75) is 24.2 Å². The fraction of sp³-hybridized carbons (Fsp3) is 0.667. The minimum atomic E-state index is -1.14. The maximum Gasteiger partial charge on any atom is 0.163 e. The summed E-state index contributed by atoms with van der Waals surface area (Å²) in [5, 5.41) is 8.51. The Bertz CT molecular complexity index is 192. The molecule has 0 spiro atoms. The van der Waals surface area contributed by atoms with Crippen LogP contribution >= 0.6 is 22.5 Å². The molecule has 5 heteroatoms. The Hall–Kier alpha value is -0.0000000000000000763. The first-order valence-electron chi connectivity index (χ1n) is 3.20. The Labute approximate surface area is 73.4 Å². The number of aliphatic hydroxyl groups excluding tert-OH is 1. The monoisotopic (exact) mass is 192 g/mol. The van der Waals surface area contributed by atoms with Crippen molar-refractivity contribution in [1.82, 2.24) is 0 Å². The van der Waals surface area contributed by atoms with Crippen LogP contribution < -0.4 is 0 Å². The van der Waals surface area contributed by atoms with E-state index in [1.807, 2.05) is 0 Å². The highest BCUT2D eigenvalue weighted by Gasteiger charge is 2.35. The van der Waals surface area contributed by atoms with Crippen LogP contribution in [-0.2, 0) is 9.59 Å². The third-order valence-electron chi connectivity index (χ3n) is 1.67. The van der Waals surface area contributed by atoms with Crippen molar-refractivity contribution in [3.63, 3.8) is 0 Å². The van der Waals surface area contributed by atoms with E-state index in [2.05, 4.69) is 11.7 Å². The second-order valence-electron chi connectivity index (χ2n) is 2.40. The van der Waals surface area contributed by atoms with Gasteiger partial charge in [0.2, 0.25) is 0 Å². The van der Waals surface area contributed by atoms with Gasteiger partial charge in [0.05, 0.1) is 0 Å². The molecule has 1 rings (SSSR count). The number of Topliss-reactive ketones (excluding diaryl/α,β-unsaturated/α-hetero) is 2. The zero-order valence-electron chi connectivity index (χ0n) is 5.69. The van der Waals surface area contributed by atoms with Crippen molar-refractivity contribution in [2.75, 3.05) is 0 Å². The molecular weight excluding hydrogens is 184 g/mol. The van der Waals surface area contributed by atoms with Crippen LogP contribution in [0.25, 0.3) is 0 Å². The Balaban J connectivity index is 2.71. The second-order valence-corrected chi connectivity index (χ2v) is 3.75. The van der Waals surface area contributed by atoms with Crippen LogP contribution in [0, 0.1) is 0 Å². The summed E-state index contributed by atoms with van der Waals surface area (Å²) in [6.45, 7) is 0. The van der Waals surface area contributed by atoms with Crippen molar-refractivity contribution in [3.8, 4) is 0 Å². The highest BCUT2D eigenvalue weighted by Crippen LogP contribution is 2.26. The minimum absolute atomic E-state index is 0.0860. The molecule has 0 bridgehead atoms. The summed E-state index contributed by atoms with van der Waals surface area (Å²) in [7, 11) is 0.940. The molecule has 1 N–H and O–H groups in total. The van der Waals surface area contributed by atoms with Crippen LogP contribution in [0.15, 0.2) is 0 Å². The molecule has 1 aliphatic carbocycles. The SMILES string of the molecule is O=C1CCC(=O)C(SS)C1O. The largest absolute Gasteiger partial charge is 0.384 e. The smallest absolute Gasteiger partial charge is 0.163 e. The lowest BCUT2D eigenvalue weighted by atomic mass is 9.95. The van der Waals surface area contributed by atoms with Gasteiger partial charge in [0.25, 0.3) is 0 Å². The number of hydrogen-bond acceptors (Lipinski definition) is 5. The lowest BCUT2D eigenvalue weighted by molar-refractivity contribution is -0.136. The molecule has 0 aliphatic heterocycles. The van der Waals surface area contributed by atoms with Crippen LogP contribution in [0.5, 0.6) is 0 Å². The maximum atomic E-state index is 11.0. The van der Waals surface area contributed by atoms with Crippen molar-refractivity contribution in [1.29, 1.82) is 0 Å². The van der Waals surface area contributed by atoms with Gasteiger partial charge in [-0.05, 0) is 0 Å². The molecule has 0 aromatic heterocycles. The number of rotatable bonds is 1. The number of hydrogen-bond donors (Lipinski definition) is 2. The molecule has 11 heavy (non-hydrogen) atoms. The lowest BCUT2D eigenvalue weighted by Crippen LogP contribution is -2.41. The van der Waals surface area contributed by atoms with E-state index in [0.29, 0.717) is 0 Å². The molecule has 62 valence electrons. The molecule has 0 radical (unpaired) electrons. The average Bonchev–Trinajstić information content (AvgIpc) is 1.99. The van der Waals surface area contributed by atoms with E-state index < -0.39 is 11.4 Å². The van der Waals surface area contributed by atoms with E-state index in [-0.39, 0.29) is 24.4 Å². The fourth-order valence-corrected chi connectivity index (χ4v) is 2.20. The van der Waals surface area contributed by atoms with E-state index >= 15 is 0 Å². The fourth-order valence-electron chi connectivity index (χ4n) is 0.998. The standard InChI is InChI=1S/C6H8O3S2/c7-3-1-2-4(8)6(11-10)5(3)9/h5-6,9-10H,1-2H2. The summed E-state index contributed by atoms with van der Waals surface area (Å²) < 4.78 is 0. The molecule has 1 aliphatic rings. The first-order chi connectivity index (χ1) is 5.16. The van der Waals surface area contributed by atoms with Gasteiger partial charge < -0.3 is 5.11 Å². The Morgan fingerprint density at radius 2 is 1.91 bits per heavy atom. The molecule has 1 saturated carbocycles. The Morgan fingerprint density at radius 1 is 1.36 bits per heavy atom. The summed E-state index contributed by atoms with van der Waals surface area (Å²) in [6, 6.07) is 0. The number of thiol groups is 1. The minimum Gasteiger partial charge on any atom is -0.384 e.